The third-order valence-electron chi connectivity index (χ3n) is 4.01. The van der Waals surface area contributed by atoms with Crippen LogP contribution in [-0.2, 0) is 0 Å². The number of hydrogen-bond donors (Lipinski definition) is 1. The molecule has 1 saturated heterocycles. The molecular formula is C14H19N3S. The monoisotopic (exact) mass is 261 g/mol. The Morgan fingerprint density at radius 3 is 2.94 bits per heavy atom. The standard InChI is InChI=1S/C14H19N3S/c1-9-5-6-17(8-10(9)2)14-16-12-4-3-11(15)7-13(12)18-14/h3-4,7,9-10H,5-6,8,15H2,1-2H3. The Bertz CT molecular complexity index is 563. The average molecular weight is 261 g/mol. The van der Waals surface area contributed by atoms with E-state index in [2.05, 4.69) is 18.7 Å². The molecule has 2 atom stereocenters. The molecule has 4 heteroatoms. The van der Waals surface area contributed by atoms with E-state index in [9.17, 15) is 0 Å². The summed E-state index contributed by atoms with van der Waals surface area (Å²) in [6.07, 6.45) is 1.26. The van der Waals surface area contributed by atoms with Gasteiger partial charge in [-0.1, -0.05) is 25.2 Å². The van der Waals surface area contributed by atoms with Crippen LogP contribution >= 0.6 is 11.3 Å². The normalized spacial score (nSPS) is 24.7. The Morgan fingerprint density at radius 1 is 1.33 bits per heavy atom. The van der Waals surface area contributed by atoms with Crippen LogP contribution in [0.15, 0.2) is 18.2 Å². The summed E-state index contributed by atoms with van der Waals surface area (Å²) in [6, 6.07) is 5.96. The van der Waals surface area contributed by atoms with Crippen molar-refractivity contribution < 1.29 is 0 Å². The first kappa shape index (κ1) is 11.8. The zero-order valence-corrected chi connectivity index (χ0v) is 11.7. The molecule has 1 aromatic heterocycles. The van der Waals surface area contributed by atoms with E-state index in [1.165, 1.54) is 11.1 Å². The molecule has 2 unspecified atom stereocenters. The number of piperidine rings is 1. The summed E-state index contributed by atoms with van der Waals surface area (Å²) >= 11 is 1.76. The van der Waals surface area contributed by atoms with Crippen molar-refractivity contribution in [1.82, 2.24) is 4.98 Å². The lowest BCUT2D eigenvalue weighted by Crippen LogP contribution is -2.38. The molecule has 0 aliphatic carbocycles. The number of hydrogen-bond acceptors (Lipinski definition) is 4. The lowest BCUT2D eigenvalue weighted by molar-refractivity contribution is 0.324. The third kappa shape index (κ3) is 2.05. The van der Waals surface area contributed by atoms with Gasteiger partial charge in [-0.3, -0.25) is 0 Å². The van der Waals surface area contributed by atoms with E-state index in [4.69, 9.17) is 10.7 Å². The van der Waals surface area contributed by atoms with Crippen molar-refractivity contribution in [3.63, 3.8) is 0 Å². The van der Waals surface area contributed by atoms with E-state index in [-0.39, 0.29) is 0 Å². The molecule has 1 aliphatic rings. The fourth-order valence-corrected chi connectivity index (χ4v) is 3.55. The van der Waals surface area contributed by atoms with E-state index in [0.717, 1.165) is 41.3 Å². The smallest absolute Gasteiger partial charge is 0.186 e. The summed E-state index contributed by atoms with van der Waals surface area (Å²) in [5, 5.41) is 1.15. The van der Waals surface area contributed by atoms with Crippen LogP contribution in [0.25, 0.3) is 10.2 Å². The van der Waals surface area contributed by atoms with Crippen LogP contribution in [0, 0.1) is 11.8 Å². The molecule has 0 amide bonds. The SMILES string of the molecule is CC1CCN(c2nc3ccc(N)cc3s2)CC1C. The maximum atomic E-state index is 5.82. The van der Waals surface area contributed by atoms with Crippen LogP contribution < -0.4 is 10.6 Å². The average Bonchev–Trinajstić information content (AvgIpc) is 2.75. The van der Waals surface area contributed by atoms with Crippen molar-refractivity contribution >= 4 is 32.4 Å². The number of aromatic nitrogens is 1. The number of nitrogens with two attached hydrogens (primary N) is 1. The summed E-state index contributed by atoms with van der Waals surface area (Å²) < 4.78 is 1.19. The second-order valence-corrected chi connectivity index (χ2v) is 6.42. The van der Waals surface area contributed by atoms with Gasteiger partial charge in [0.2, 0.25) is 0 Å². The minimum atomic E-state index is 0.746. The number of rotatable bonds is 1. The van der Waals surface area contributed by atoms with E-state index in [1.54, 1.807) is 11.3 Å². The molecule has 0 radical (unpaired) electrons. The molecule has 1 fully saturated rings. The van der Waals surface area contributed by atoms with Gasteiger partial charge in [-0.15, -0.1) is 0 Å². The van der Waals surface area contributed by atoms with Crippen molar-refractivity contribution in [2.75, 3.05) is 23.7 Å². The maximum Gasteiger partial charge on any atom is 0.186 e. The number of nitrogen functional groups attached to an aromatic ring is 1. The molecule has 1 aliphatic heterocycles. The van der Waals surface area contributed by atoms with Crippen LogP contribution in [-0.4, -0.2) is 18.1 Å². The van der Waals surface area contributed by atoms with Crippen LogP contribution in [0.4, 0.5) is 10.8 Å². The number of nitrogens with zero attached hydrogens (tertiary/aromatic N) is 2. The van der Waals surface area contributed by atoms with E-state index >= 15 is 0 Å². The second-order valence-electron chi connectivity index (χ2n) is 5.41. The van der Waals surface area contributed by atoms with Crippen molar-refractivity contribution in [3.8, 4) is 0 Å². The Morgan fingerprint density at radius 2 is 2.17 bits per heavy atom. The van der Waals surface area contributed by atoms with Crippen LogP contribution in [0.2, 0.25) is 0 Å². The highest BCUT2D eigenvalue weighted by atomic mass is 32.1. The molecule has 2 heterocycles. The van der Waals surface area contributed by atoms with Gasteiger partial charge >= 0.3 is 0 Å². The van der Waals surface area contributed by atoms with Gasteiger partial charge in [-0.05, 0) is 36.5 Å². The zero-order valence-electron chi connectivity index (χ0n) is 10.9. The summed E-state index contributed by atoms with van der Waals surface area (Å²) in [6.45, 7) is 6.93. The minimum Gasteiger partial charge on any atom is -0.399 e. The number of thiazole rings is 1. The minimum absolute atomic E-state index is 0.746. The fourth-order valence-electron chi connectivity index (χ4n) is 2.50. The predicted molar refractivity (Wildman–Crippen MR) is 79.2 cm³/mol. The maximum absolute atomic E-state index is 5.82. The molecular weight excluding hydrogens is 242 g/mol. The van der Waals surface area contributed by atoms with Gasteiger partial charge in [0.1, 0.15) is 0 Å². The molecule has 18 heavy (non-hydrogen) atoms. The van der Waals surface area contributed by atoms with Crippen molar-refractivity contribution in [1.29, 1.82) is 0 Å². The lowest BCUT2D eigenvalue weighted by Gasteiger charge is -2.35. The topological polar surface area (TPSA) is 42.2 Å². The first-order chi connectivity index (χ1) is 8.63. The molecule has 0 bridgehead atoms. The van der Waals surface area contributed by atoms with Crippen LogP contribution in [0.1, 0.15) is 20.3 Å². The Labute approximate surface area is 112 Å². The predicted octanol–water partition coefficient (Wildman–Crippen LogP) is 3.36. The molecule has 3 rings (SSSR count). The molecule has 2 N–H and O–H groups in total. The van der Waals surface area contributed by atoms with E-state index in [0.29, 0.717) is 0 Å². The highest BCUT2D eigenvalue weighted by molar-refractivity contribution is 7.22. The third-order valence-corrected chi connectivity index (χ3v) is 5.08. The summed E-state index contributed by atoms with van der Waals surface area (Å²) in [5.41, 5.74) is 7.70. The number of fused-ring (bicyclic) bond motifs is 1. The molecule has 0 saturated carbocycles. The zero-order chi connectivity index (χ0) is 12.7. The molecule has 1 aromatic carbocycles. The molecule has 2 aromatic rings. The van der Waals surface area contributed by atoms with Gasteiger partial charge in [0.15, 0.2) is 5.13 Å². The first-order valence-electron chi connectivity index (χ1n) is 6.54. The Hall–Kier alpha value is -1.29. The molecule has 3 nitrogen and oxygen atoms in total. The summed E-state index contributed by atoms with van der Waals surface area (Å²) in [7, 11) is 0. The van der Waals surface area contributed by atoms with Crippen LogP contribution in [0.5, 0.6) is 0 Å². The van der Waals surface area contributed by atoms with Crippen molar-refractivity contribution in [2.24, 2.45) is 11.8 Å². The quantitative estimate of drug-likeness (QED) is 0.800. The van der Waals surface area contributed by atoms with Gasteiger partial charge in [0, 0.05) is 18.8 Å². The van der Waals surface area contributed by atoms with Gasteiger partial charge in [0.25, 0.3) is 0 Å². The highest BCUT2D eigenvalue weighted by Crippen LogP contribution is 2.33. The largest absolute Gasteiger partial charge is 0.399 e. The van der Waals surface area contributed by atoms with E-state index < -0.39 is 0 Å². The first-order valence-corrected chi connectivity index (χ1v) is 7.36. The summed E-state index contributed by atoms with van der Waals surface area (Å²) in [5.74, 6) is 1.57. The second kappa shape index (κ2) is 4.43. The van der Waals surface area contributed by atoms with Crippen LogP contribution in [0.3, 0.4) is 0 Å². The lowest BCUT2D eigenvalue weighted by atomic mass is 9.89. The molecule has 0 spiro atoms. The van der Waals surface area contributed by atoms with Gasteiger partial charge in [-0.2, -0.15) is 0 Å². The van der Waals surface area contributed by atoms with Crippen molar-refractivity contribution in [2.45, 2.75) is 20.3 Å². The molecule has 96 valence electrons. The van der Waals surface area contributed by atoms with Gasteiger partial charge in [0.05, 0.1) is 10.2 Å². The summed E-state index contributed by atoms with van der Waals surface area (Å²) in [4.78, 5) is 7.15. The van der Waals surface area contributed by atoms with Crippen molar-refractivity contribution in [3.05, 3.63) is 18.2 Å². The van der Waals surface area contributed by atoms with Gasteiger partial charge in [-0.25, -0.2) is 4.98 Å². The fraction of sp³-hybridized carbons (Fsp3) is 0.500. The Balaban J connectivity index is 1.90. The number of benzene rings is 1. The highest BCUT2D eigenvalue weighted by Gasteiger charge is 2.24. The number of anilines is 2. The van der Waals surface area contributed by atoms with Gasteiger partial charge < -0.3 is 10.6 Å². The van der Waals surface area contributed by atoms with E-state index in [1.807, 2.05) is 18.2 Å². The Kier molecular flexibility index (Phi) is 2.90.